The van der Waals surface area contributed by atoms with Crippen molar-refractivity contribution in [1.29, 1.82) is 0 Å². The lowest BCUT2D eigenvalue weighted by atomic mass is 10.2. The van der Waals surface area contributed by atoms with E-state index in [0.29, 0.717) is 6.54 Å². The van der Waals surface area contributed by atoms with Crippen molar-refractivity contribution in [3.63, 3.8) is 0 Å². The summed E-state index contributed by atoms with van der Waals surface area (Å²) >= 11 is 5.71. The summed E-state index contributed by atoms with van der Waals surface area (Å²) in [5, 5.41) is 6.49. The van der Waals surface area contributed by atoms with Crippen LogP contribution in [0.5, 0.6) is 0 Å². The Morgan fingerprint density at radius 3 is 2.84 bits per heavy atom. The van der Waals surface area contributed by atoms with Gasteiger partial charge in [-0.05, 0) is 6.92 Å². The van der Waals surface area contributed by atoms with Gasteiger partial charge >= 0.3 is 0 Å². The number of amides is 1. The van der Waals surface area contributed by atoms with Gasteiger partial charge in [0.2, 0.25) is 0 Å². The normalized spacial score (nSPS) is 10.5. The van der Waals surface area contributed by atoms with Crippen LogP contribution in [0.3, 0.4) is 0 Å². The summed E-state index contributed by atoms with van der Waals surface area (Å²) in [7, 11) is 1.81. The number of aromatic nitrogens is 3. The molecule has 0 atom stereocenters. The lowest BCUT2D eigenvalue weighted by molar-refractivity contribution is 0.0950. The van der Waals surface area contributed by atoms with Gasteiger partial charge in [0, 0.05) is 31.0 Å². The third kappa shape index (κ3) is 2.73. The number of carbonyl (C=O) groups is 1. The molecule has 0 saturated heterocycles. The molecule has 0 bridgehead atoms. The average Bonchev–Trinajstić information content (AvgIpc) is 2.70. The lowest BCUT2D eigenvalue weighted by Crippen LogP contribution is -2.23. The molecule has 7 heteroatoms. The summed E-state index contributed by atoms with van der Waals surface area (Å²) in [4.78, 5) is 15.5. The van der Waals surface area contributed by atoms with Crippen LogP contribution in [0.15, 0.2) is 18.6 Å². The number of rotatable bonds is 3. The van der Waals surface area contributed by atoms with E-state index in [9.17, 15) is 9.18 Å². The predicted molar refractivity (Wildman–Crippen MR) is 68.3 cm³/mol. The minimum absolute atomic E-state index is 0.0169. The van der Waals surface area contributed by atoms with Gasteiger partial charge in [0.15, 0.2) is 5.82 Å². The first-order valence-electron chi connectivity index (χ1n) is 5.55. The Morgan fingerprint density at radius 1 is 1.47 bits per heavy atom. The average molecular weight is 283 g/mol. The van der Waals surface area contributed by atoms with Crippen molar-refractivity contribution in [2.75, 3.05) is 0 Å². The molecule has 2 aromatic heterocycles. The second-order valence-electron chi connectivity index (χ2n) is 4.04. The molecule has 0 aromatic carbocycles. The van der Waals surface area contributed by atoms with Crippen LogP contribution in [0.1, 0.15) is 21.6 Å². The summed E-state index contributed by atoms with van der Waals surface area (Å²) < 4.78 is 14.9. The number of hydrogen-bond acceptors (Lipinski definition) is 3. The minimum atomic E-state index is -0.716. The lowest BCUT2D eigenvalue weighted by Gasteiger charge is -2.06. The van der Waals surface area contributed by atoms with Crippen molar-refractivity contribution in [3.05, 3.63) is 46.3 Å². The third-order valence-corrected chi connectivity index (χ3v) is 3.24. The fraction of sp³-hybridized carbons (Fsp3) is 0.250. The number of nitrogens with zero attached hydrogens (tertiary/aromatic N) is 3. The van der Waals surface area contributed by atoms with E-state index in [2.05, 4.69) is 15.4 Å². The Bertz CT molecular complexity index is 626. The number of carbonyl (C=O) groups excluding carboxylic acids is 1. The van der Waals surface area contributed by atoms with Crippen LogP contribution < -0.4 is 5.32 Å². The molecule has 0 unspecified atom stereocenters. The first-order chi connectivity index (χ1) is 9.00. The van der Waals surface area contributed by atoms with Gasteiger partial charge in [0.25, 0.3) is 5.91 Å². The van der Waals surface area contributed by atoms with Crippen molar-refractivity contribution >= 4 is 17.5 Å². The molecule has 2 aromatic rings. The van der Waals surface area contributed by atoms with Crippen LogP contribution in [-0.4, -0.2) is 20.7 Å². The number of aryl methyl sites for hydroxylation is 1. The third-order valence-electron chi connectivity index (χ3n) is 2.86. The molecule has 0 fully saturated rings. The summed E-state index contributed by atoms with van der Waals surface area (Å²) in [6.45, 7) is 2.19. The van der Waals surface area contributed by atoms with Crippen molar-refractivity contribution in [3.8, 4) is 0 Å². The zero-order chi connectivity index (χ0) is 14.0. The Balaban J connectivity index is 2.10. The van der Waals surface area contributed by atoms with Gasteiger partial charge in [-0.15, -0.1) is 0 Å². The maximum absolute atomic E-state index is 13.2. The standard InChI is InChI=1S/C12H12ClFN4O/c1-7-8(4-17-18(7)2)3-16-12(19)9-5-15-6-10(14)11(9)13/h4-6H,3H2,1-2H3,(H,16,19). The molecule has 0 aliphatic heterocycles. The van der Waals surface area contributed by atoms with Gasteiger partial charge in [0.05, 0.1) is 23.0 Å². The first kappa shape index (κ1) is 13.5. The van der Waals surface area contributed by atoms with Gasteiger partial charge < -0.3 is 5.32 Å². The molecule has 0 aliphatic rings. The van der Waals surface area contributed by atoms with Crippen LogP contribution in [0.4, 0.5) is 4.39 Å². The van der Waals surface area contributed by atoms with E-state index in [0.717, 1.165) is 17.5 Å². The van der Waals surface area contributed by atoms with Crippen molar-refractivity contribution in [2.45, 2.75) is 13.5 Å². The van der Waals surface area contributed by atoms with E-state index >= 15 is 0 Å². The minimum Gasteiger partial charge on any atom is -0.348 e. The number of nitrogens with one attached hydrogen (secondary N) is 1. The molecule has 0 saturated carbocycles. The summed E-state index contributed by atoms with van der Waals surface area (Å²) in [6.07, 6.45) is 3.86. The molecular weight excluding hydrogens is 271 g/mol. The Morgan fingerprint density at radius 2 is 2.21 bits per heavy atom. The second kappa shape index (κ2) is 5.36. The zero-order valence-corrected chi connectivity index (χ0v) is 11.2. The maximum Gasteiger partial charge on any atom is 0.254 e. The number of hydrogen-bond donors (Lipinski definition) is 1. The Kier molecular flexibility index (Phi) is 3.80. The van der Waals surface area contributed by atoms with E-state index in [1.54, 1.807) is 10.9 Å². The van der Waals surface area contributed by atoms with E-state index in [1.165, 1.54) is 6.20 Å². The van der Waals surface area contributed by atoms with E-state index < -0.39 is 11.7 Å². The summed E-state index contributed by atoms with van der Waals surface area (Å²) in [5.41, 5.74) is 1.85. The first-order valence-corrected chi connectivity index (χ1v) is 5.93. The fourth-order valence-electron chi connectivity index (χ4n) is 1.57. The van der Waals surface area contributed by atoms with Crippen LogP contribution >= 0.6 is 11.6 Å². The monoisotopic (exact) mass is 282 g/mol. The van der Waals surface area contributed by atoms with Gasteiger partial charge in [0.1, 0.15) is 0 Å². The maximum atomic E-state index is 13.2. The van der Waals surface area contributed by atoms with E-state index in [1.807, 2.05) is 14.0 Å². The van der Waals surface area contributed by atoms with Gasteiger partial charge in [-0.1, -0.05) is 11.6 Å². The zero-order valence-electron chi connectivity index (χ0n) is 10.4. The number of halogens is 2. The molecule has 1 amide bonds. The highest BCUT2D eigenvalue weighted by Gasteiger charge is 2.14. The highest BCUT2D eigenvalue weighted by molar-refractivity contribution is 6.33. The Hall–Kier alpha value is -1.95. The van der Waals surface area contributed by atoms with Crippen LogP contribution in [0, 0.1) is 12.7 Å². The molecule has 0 aliphatic carbocycles. The fourth-order valence-corrected chi connectivity index (χ4v) is 1.75. The predicted octanol–water partition coefficient (Wildman–Crippen LogP) is 1.85. The molecule has 2 rings (SSSR count). The van der Waals surface area contributed by atoms with Crippen molar-refractivity contribution in [2.24, 2.45) is 7.05 Å². The van der Waals surface area contributed by atoms with Crippen molar-refractivity contribution in [1.82, 2.24) is 20.1 Å². The van der Waals surface area contributed by atoms with Gasteiger partial charge in [-0.3, -0.25) is 14.5 Å². The highest BCUT2D eigenvalue weighted by atomic mass is 35.5. The quantitative estimate of drug-likeness (QED) is 0.934. The molecule has 2 heterocycles. The largest absolute Gasteiger partial charge is 0.348 e. The molecule has 0 radical (unpaired) electrons. The van der Waals surface area contributed by atoms with Gasteiger partial charge in [-0.25, -0.2) is 4.39 Å². The molecule has 5 nitrogen and oxygen atoms in total. The smallest absolute Gasteiger partial charge is 0.254 e. The van der Waals surface area contributed by atoms with Crippen molar-refractivity contribution < 1.29 is 9.18 Å². The van der Waals surface area contributed by atoms with E-state index in [-0.39, 0.29) is 10.6 Å². The number of pyridine rings is 1. The molecule has 19 heavy (non-hydrogen) atoms. The molecule has 1 N–H and O–H groups in total. The molecular formula is C12H12ClFN4O. The van der Waals surface area contributed by atoms with Crippen LogP contribution in [-0.2, 0) is 13.6 Å². The second-order valence-corrected chi connectivity index (χ2v) is 4.42. The highest BCUT2D eigenvalue weighted by Crippen LogP contribution is 2.18. The Labute approximate surface area is 114 Å². The summed E-state index contributed by atoms with van der Waals surface area (Å²) in [5.74, 6) is -1.19. The van der Waals surface area contributed by atoms with Gasteiger partial charge in [-0.2, -0.15) is 5.10 Å². The molecule has 100 valence electrons. The molecule has 0 spiro atoms. The SMILES string of the molecule is Cc1c(CNC(=O)c2cncc(F)c2Cl)cnn1C. The van der Waals surface area contributed by atoms with Crippen LogP contribution in [0.2, 0.25) is 5.02 Å². The topological polar surface area (TPSA) is 59.8 Å². The van der Waals surface area contributed by atoms with Crippen LogP contribution in [0.25, 0.3) is 0 Å². The summed E-state index contributed by atoms with van der Waals surface area (Å²) in [6, 6.07) is 0. The van der Waals surface area contributed by atoms with E-state index in [4.69, 9.17) is 11.6 Å².